The number of rotatable bonds is 3. The van der Waals surface area contributed by atoms with E-state index in [9.17, 15) is 14.7 Å². The number of likely N-dealkylation sites (tertiary alicyclic amines) is 1. The van der Waals surface area contributed by atoms with E-state index in [-0.39, 0.29) is 17.6 Å². The molecule has 1 unspecified atom stereocenters. The van der Waals surface area contributed by atoms with Crippen LogP contribution in [0, 0.1) is 6.92 Å². The third-order valence-corrected chi connectivity index (χ3v) is 5.08. The molecule has 0 aliphatic carbocycles. The van der Waals surface area contributed by atoms with Gasteiger partial charge in [-0.25, -0.2) is 4.98 Å². The molecular formula is C19H21N5O3. The Morgan fingerprint density at radius 1 is 1.26 bits per heavy atom. The fourth-order valence-corrected chi connectivity index (χ4v) is 3.46. The van der Waals surface area contributed by atoms with E-state index in [1.807, 2.05) is 31.2 Å². The number of nitrogens with one attached hydrogen (secondary N) is 1. The molecule has 0 saturated carbocycles. The van der Waals surface area contributed by atoms with E-state index in [0.717, 1.165) is 11.1 Å². The van der Waals surface area contributed by atoms with Gasteiger partial charge in [0, 0.05) is 13.1 Å². The van der Waals surface area contributed by atoms with Crippen LogP contribution in [0.25, 0.3) is 11.0 Å². The molecule has 0 spiro atoms. The van der Waals surface area contributed by atoms with Gasteiger partial charge in [-0.2, -0.15) is 5.10 Å². The average molecular weight is 367 g/mol. The van der Waals surface area contributed by atoms with E-state index < -0.39 is 6.04 Å². The summed E-state index contributed by atoms with van der Waals surface area (Å²) in [6, 6.07) is 6.76. The predicted octanol–water partition coefficient (Wildman–Crippen LogP) is 1.00. The lowest BCUT2D eigenvalue weighted by Crippen LogP contribution is -2.45. The fraction of sp³-hybridized carbons (Fsp3) is 0.368. The van der Waals surface area contributed by atoms with Crippen LogP contribution in [0.15, 0.2) is 41.6 Å². The number of hydrogen-bond acceptors (Lipinski definition) is 5. The molecule has 1 saturated heterocycles. The van der Waals surface area contributed by atoms with Crippen LogP contribution in [0.5, 0.6) is 0 Å². The number of aryl methyl sites for hydroxylation is 1. The van der Waals surface area contributed by atoms with Crippen molar-refractivity contribution in [3.05, 3.63) is 58.3 Å². The average Bonchev–Trinajstić information content (AvgIpc) is 3.15. The summed E-state index contributed by atoms with van der Waals surface area (Å²) in [7, 11) is 0. The molecule has 4 rings (SSSR count). The molecular weight excluding hydrogens is 346 g/mol. The van der Waals surface area contributed by atoms with Gasteiger partial charge < -0.3 is 10.0 Å². The van der Waals surface area contributed by atoms with E-state index >= 15 is 0 Å². The quantitative estimate of drug-likeness (QED) is 0.719. The lowest BCUT2D eigenvalue weighted by molar-refractivity contribution is -0.135. The van der Waals surface area contributed by atoms with Gasteiger partial charge in [-0.15, -0.1) is 0 Å². The second-order valence-electron chi connectivity index (χ2n) is 6.96. The maximum atomic E-state index is 13.4. The van der Waals surface area contributed by atoms with Gasteiger partial charge in [0.15, 0.2) is 5.65 Å². The first-order valence-corrected chi connectivity index (χ1v) is 8.98. The molecule has 8 nitrogen and oxygen atoms in total. The number of aromatic nitrogens is 4. The van der Waals surface area contributed by atoms with Gasteiger partial charge in [-0.1, -0.05) is 29.8 Å². The number of fused-ring (bicyclic) bond motifs is 1. The minimum Gasteiger partial charge on any atom is -0.393 e. The maximum Gasteiger partial charge on any atom is 0.265 e. The van der Waals surface area contributed by atoms with Crippen LogP contribution in [0.4, 0.5) is 0 Å². The normalized spacial score (nSPS) is 16.6. The Morgan fingerprint density at radius 3 is 2.67 bits per heavy atom. The maximum absolute atomic E-state index is 13.4. The van der Waals surface area contributed by atoms with Crippen LogP contribution >= 0.6 is 0 Å². The molecule has 8 heteroatoms. The standard InChI is InChI=1S/C19H21N5O3/c1-12-2-4-13(5-3-12)16(19(27)23-8-6-14(25)7-9-23)24-11-20-17-15(18(24)26)10-21-22-17/h2-5,10-11,14,16,25H,6-9H2,1H3,(H,21,22). The highest BCUT2D eigenvalue weighted by Gasteiger charge is 2.31. The van der Waals surface area contributed by atoms with Crippen molar-refractivity contribution < 1.29 is 9.90 Å². The number of nitrogens with zero attached hydrogens (tertiary/aromatic N) is 4. The Kier molecular flexibility index (Phi) is 4.49. The van der Waals surface area contributed by atoms with Gasteiger partial charge in [0.05, 0.1) is 12.3 Å². The summed E-state index contributed by atoms with van der Waals surface area (Å²) in [5.74, 6) is -0.169. The zero-order chi connectivity index (χ0) is 19.0. The van der Waals surface area contributed by atoms with Gasteiger partial charge in [-0.3, -0.25) is 19.3 Å². The number of H-pyrrole nitrogens is 1. The molecule has 27 heavy (non-hydrogen) atoms. The zero-order valence-corrected chi connectivity index (χ0v) is 15.0. The number of carbonyl (C=O) groups is 1. The Morgan fingerprint density at radius 2 is 1.96 bits per heavy atom. The number of aliphatic hydroxyl groups excluding tert-OH is 1. The third-order valence-electron chi connectivity index (χ3n) is 5.08. The molecule has 2 aromatic heterocycles. The van der Waals surface area contributed by atoms with Gasteiger partial charge >= 0.3 is 0 Å². The first kappa shape index (κ1) is 17.4. The molecule has 3 heterocycles. The first-order chi connectivity index (χ1) is 13.0. The van der Waals surface area contributed by atoms with Crippen molar-refractivity contribution in [1.29, 1.82) is 0 Å². The fourth-order valence-electron chi connectivity index (χ4n) is 3.46. The van der Waals surface area contributed by atoms with Crippen LogP contribution in [0.3, 0.4) is 0 Å². The summed E-state index contributed by atoms with van der Waals surface area (Å²) in [5.41, 5.74) is 1.88. The zero-order valence-electron chi connectivity index (χ0n) is 15.0. The number of hydrogen-bond donors (Lipinski definition) is 2. The molecule has 1 aromatic carbocycles. The highest BCUT2D eigenvalue weighted by molar-refractivity contribution is 5.84. The van der Waals surface area contributed by atoms with Crippen LogP contribution in [-0.2, 0) is 4.79 Å². The van der Waals surface area contributed by atoms with E-state index in [4.69, 9.17) is 0 Å². The minimum absolute atomic E-state index is 0.169. The minimum atomic E-state index is -0.805. The van der Waals surface area contributed by atoms with Crippen molar-refractivity contribution in [3.8, 4) is 0 Å². The second-order valence-corrected chi connectivity index (χ2v) is 6.96. The summed E-state index contributed by atoms with van der Waals surface area (Å²) in [5, 5.41) is 16.6. The van der Waals surface area contributed by atoms with E-state index in [1.165, 1.54) is 17.1 Å². The summed E-state index contributed by atoms with van der Waals surface area (Å²) in [4.78, 5) is 32.3. The van der Waals surface area contributed by atoms with Gasteiger partial charge in [0.25, 0.3) is 5.56 Å². The molecule has 3 aromatic rings. The predicted molar refractivity (Wildman–Crippen MR) is 99.3 cm³/mol. The van der Waals surface area contributed by atoms with Crippen LogP contribution in [0.1, 0.15) is 30.0 Å². The van der Waals surface area contributed by atoms with Crippen LogP contribution < -0.4 is 5.56 Å². The van der Waals surface area contributed by atoms with Crippen molar-refractivity contribution in [2.45, 2.75) is 31.9 Å². The number of piperidine rings is 1. The van der Waals surface area contributed by atoms with Gasteiger partial charge in [-0.05, 0) is 25.3 Å². The smallest absolute Gasteiger partial charge is 0.265 e. The summed E-state index contributed by atoms with van der Waals surface area (Å²) in [6.45, 7) is 2.91. The summed E-state index contributed by atoms with van der Waals surface area (Å²) >= 11 is 0. The molecule has 0 radical (unpaired) electrons. The van der Waals surface area contributed by atoms with Crippen LogP contribution in [0.2, 0.25) is 0 Å². The largest absolute Gasteiger partial charge is 0.393 e. The summed E-state index contributed by atoms with van der Waals surface area (Å²) < 4.78 is 1.37. The van der Waals surface area contributed by atoms with E-state index in [2.05, 4.69) is 15.2 Å². The third kappa shape index (κ3) is 3.23. The first-order valence-electron chi connectivity index (χ1n) is 8.98. The Balaban J connectivity index is 1.80. The lowest BCUT2D eigenvalue weighted by atomic mass is 10.0. The van der Waals surface area contributed by atoms with Crippen molar-refractivity contribution in [3.63, 3.8) is 0 Å². The number of benzene rings is 1. The second kappa shape index (κ2) is 6.96. The van der Waals surface area contributed by atoms with Gasteiger partial charge in [0.2, 0.25) is 5.91 Å². The highest BCUT2D eigenvalue weighted by Crippen LogP contribution is 2.23. The van der Waals surface area contributed by atoms with Crippen molar-refractivity contribution in [2.75, 3.05) is 13.1 Å². The van der Waals surface area contributed by atoms with Crippen molar-refractivity contribution in [2.24, 2.45) is 0 Å². The topological polar surface area (TPSA) is 104 Å². The molecule has 2 N–H and O–H groups in total. The number of aliphatic hydroxyl groups is 1. The molecule has 1 aliphatic rings. The van der Waals surface area contributed by atoms with Crippen molar-refractivity contribution >= 4 is 16.9 Å². The Bertz CT molecular complexity index is 1020. The Labute approximate surface area is 155 Å². The molecule has 1 aliphatic heterocycles. The molecule has 1 fully saturated rings. The Hall–Kier alpha value is -3.00. The lowest BCUT2D eigenvalue weighted by Gasteiger charge is -2.33. The molecule has 1 atom stereocenters. The van der Waals surface area contributed by atoms with Gasteiger partial charge in [0.1, 0.15) is 17.8 Å². The van der Waals surface area contributed by atoms with Crippen LogP contribution in [-0.4, -0.2) is 54.9 Å². The number of carbonyl (C=O) groups excluding carboxylic acids is 1. The molecule has 0 bridgehead atoms. The van der Waals surface area contributed by atoms with Crippen molar-refractivity contribution in [1.82, 2.24) is 24.6 Å². The van der Waals surface area contributed by atoms with E-state index in [1.54, 1.807) is 4.90 Å². The number of amides is 1. The van der Waals surface area contributed by atoms with E-state index in [0.29, 0.717) is 37.0 Å². The highest BCUT2D eigenvalue weighted by atomic mass is 16.3. The molecule has 140 valence electrons. The number of aromatic amines is 1. The SMILES string of the molecule is Cc1ccc(C(C(=O)N2CCC(O)CC2)n2cnc3[nH]ncc3c2=O)cc1. The monoisotopic (exact) mass is 367 g/mol. The molecule has 1 amide bonds. The summed E-state index contributed by atoms with van der Waals surface area (Å²) in [6.07, 6.45) is 3.53.